The van der Waals surface area contributed by atoms with Crippen LogP contribution in [0, 0.1) is 29.6 Å². The van der Waals surface area contributed by atoms with Gasteiger partial charge in [0.2, 0.25) is 0 Å². The average Bonchev–Trinajstić information content (AvgIpc) is 2.92. The molecule has 3 atom stereocenters. The van der Waals surface area contributed by atoms with Gasteiger partial charge in [-0.3, -0.25) is 14.5 Å². The van der Waals surface area contributed by atoms with Gasteiger partial charge in [0.25, 0.3) is 11.8 Å². The van der Waals surface area contributed by atoms with Crippen LogP contribution < -0.4 is 4.90 Å². The Hall–Kier alpha value is -4.28. The maximum absolute atomic E-state index is 13.7. The van der Waals surface area contributed by atoms with Gasteiger partial charge in [0, 0.05) is 27.6 Å². The summed E-state index contributed by atoms with van der Waals surface area (Å²) in [6.07, 6.45) is -2.00. The van der Waals surface area contributed by atoms with Gasteiger partial charge in [0.05, 0.1) is 47.0 Å². The number of rotatable bonds is 5. The highest BCUT2D eigenvalue weighted by molar-refractivity contribution is 6.27. The van der Waals surface area contributed by atoms with Crippen molar-refractivity contribution in [1.82, 2.24) is 4.90 Å². The molecular weight excluding hydrogens is 484 g/mol. The van der Waals surface area contributed by atoms with Crippen molar-refractivity contribution in [3.05, 3.63) is 74.8 Å². The molecule has 0 spiro atoms. The molecule has 3 aromatic carbocycles. The standard InChI is InChI=1S/C29H26N4O5/c1-4-15-8-6-7-14(3)25(15)33-27(36)20-10-16(11-30)21-23-19(9-17(12-31)22(24(20)23)29(33)38)26(35)32(28(21)37)18(5-2)13-34/h6-10,18,27,29,34,36,38H,4-5,13H2,1-3H3. The Kier molecular flexibility index (Phi) is 6.16. The second kappa shape index (κ2) is 9.23. The van der Waals surface area contributed by atoms with E-state index in [1.165, 1.54) is 17.0 Å². The van der Waals surface area contributed by atoms with E-state index in [2.05, 4.69) is 6.07 Å². The average molecular weight is 511 g/mol. The van der Waals surface area contributed by atoms with Crippen LogP contribution in [-0.2, 0) is 6.42 Å². The number of nitrogens with zero attached hydrogens (tertiary/aromatic N) is 4. The summed E-state index contributed by atoms with van der Waals surface area (Å²) < 4.78 is 0. The van der Waals surface area contributed by atoms with Gasteiger partial charge in [-0.05, 0) is 43.0 Å². The lowest BCUT2D eigenvalue weighted by Gasteiger charge is -2.43. The molecule has 0 saturated carbocycles. The van der Waals surface area contributed by atoms with Gasteiger partial charge < -0.3 is 20.2 Å². The second-order valence-corrected chi connectivity index (χ2v) is 9.56. The molecule has 3 unspecified atom stereocenters. The van der Waals surface area contributed by atoms with Crippen molar-refractivity contribution in [2.24, 2.45) is 0 Å². The zero-order valence-electron chi connectivity index (χ0n) is 21.2. The molecule has 192 valence electrons. The van der Waals surface area contributed by atoms with E-state index in [-0.39, 0.29) is 50.6 Å². The Bertz CT molecular complexity index is 1610. The predicted octanol–water partition coefficient (Wildman–Crippen LogP) is 3.32. The molecule has 9 heteroatoms. The quantitative estimate of drug-likeness (QED) is 0.443. The summed E-state index contributed by atoms with van der Waals surface area (Å²) in [5.41, 5.74) is 2.57. The third kappa shape index (κ3) is 3.27. The molecule has 0 radical (unpaired) electrons. The van der Waals surface area contributed by atoms with E-state index < -0.39 is 36.9 Å². The zero-order chi connectivity index (χ0) is 27.5. The summed E-state index contributed by atoms with van der Waals surface area (Å²) in [4.78, 5) is 29.6. The first-order chi connectivity index (χ1) is 18.2. The highest BCUT2D eigenvalue weighted by atomic mass is 16.3. The number of anilines is 1. The van der Waals surface area contributed by atoms with E-state index in [0.717, 1.165) is 16.0 Å². The first-order valence-electron chi connectivity index (χ1n) is 12.4. The number of carbonyl (C=O) groups is 2. The number of nitriles is 2. The summed E-state index contributed by atoms with van der Waals surface area (Å²) in [7, 11) is 0. The number of imide groups is 1. The Labute approximate surface area is 219 Å². The third-order valence-electron chi connectivity index (χ3n) is 7.67. The number of aliphatic hydroxyl groups is 3. The van der Waals surface area contributed by atoms with Crippen molar-refractivity contribution in [3.8, 4) is 12.1 Å². The number of hydrogen-bond donors (Lipinski definition) is 3. The molecule has 2 amide bonds. The van der Waals surface area contributed by atoms with Crippen LogP contribution in [0.5, 0.6) is 0 Å². The Morgan fingerprint density at radius 1 is 1.00 bits per heavy atom. The molecule has 3 N–H and O–H groups in total. The number of benzene rings is 3. The molecule has 3 aromatic rings. The minimum atomic E-state index is -1.47. The van der Waals surface area contributed by atoms with E-state index >= 15 is 0 Å². The van der Waals surface area contributed by atoms with E-state index in [1.54, 1.807) is 6.92 Å². The van der Waals surface area contributed by atoms with Gasteiger partial charge in [-0.15, -0.1) is 0 Å². The third-order valence-corrected chi connectivity index (χ3v) is 7.67. The minimum Gasteiger partial charge on any atom is -0.394 e. The predicted molar refractivity (Wildman–Crippen MR) is 138 cm³/mol. The smallest absolute Gasteiger partial charge is 0.263 e. The van der Waals surface area contributed by atoms with Crippen molar-refractivity contribution in [2.75, 3.05) is 11.5 Å². The maximum Gasteiger partial charge on any atom is 0.263 e. The molecule has 0 aliphatic carbocycles. The maximum atomic E-state index is 13.7. The molecule has 38 heavy (non-hydrogen) atoms. The fourth-order valence-electron chi connectivity index (χ4n) is 5.84. The van der Waals surface area contributed by atoms with Gasteiger partial charge in [-0.1, -0.05) is 32.0 Å². The lowest BCUT2D eigenvalue weighted by Crippen LogP contribution is -2.49. The first kappa shape index (κ1) is 25.4. The van der Waals surface area contributed by atoms with Crippen molar-refractivity contribution >= 4 is 28.3 Å². The van der Waals surface area contributed by atoms with E-state index in [1.807, 2.05) is 38.1 Å². The summed E-state index contributed by atoms with van der Waals surface area (Å²) in [6, 6.07) is 11.6. The van der Waals surface area contributed by atoms with Gasteiger partial charge in [-0.2, -0.15) is 10.5 Å². The summed E-state index contributed by atoms with van der Waals surface area (Å²) in [5, 5.41) is 53.7. The minimum absolute atomic E-state index is 0.0122. The monoisotopic (exact) mass is 510 g/mol. The van der Waals surface area contributed by atoms with Crippen LogP contribution in [0.2, 0.25) is 0 Å². The molecular formula is C29H26N4O5. The van der Waals surface area contributed by atoms with Gasteiger partial charge in [0.15, 0.2) is 12.5 Å². The van der Waals surface area contributed by atoms with Crippen LogP contribution in [-0.4, -0.2) is 44.7 Å². The second-order valence-electron chi connectivity index (χ2n) is 9.56. The topological polar surface area (TPSA) is 149 Å². The lowest BCUT2D eigenvalue weighted by atomic mass is 9.80. The molecule has 2 aliphatic heterocycles. The summed E-state index contributed by atoms with van der Waals surface area (Å²) in [6.45, 7) is 5.07. The van der Waals surface area contributed by atoms with Gasteiger partial charge in [-0.25, -0.2) is 0 Å². The normalized spacial score (nSPS) is 18.9. The van der Waals surface area contributed by atoms with Crippen LogP contribution >= 0.6 is 0 Å². The molecule has 0 fully saturated rings. The first-order valence-corrected chi connectivity index (χ1v) is 12.4. The van der Waals surface area contributed by atoms with Crippen molar-refractivity contribution in [3.63, 3.8) is 0 Å². The Morgan fingerprint density at radius 3 is 2.32 bits per heavy atom. The molecule has 0 saturated heterocycles. The molecule has 0 bridgehead atoms. The summed E-state index contributed by atoms with van der Waals surface area (Å²) >= 11 is 0. The van der Waals surface area contributed by atoms with Crippen molar-refractivity contribution < 1.29 is 24.9 Å². The zero-order valence-corrected chi connectivity index (χ0v) is 21.2. The highest BCUT2D eigenvalue weighted by Gasteiger charge is 2.44. The van der Waals surface area contributed by atoms with Crippen LogP contribution in [0.4, 0.5) is 5.69 Å². The number of aryl methyl sites for hydroxylation is 2. The van der Waals surface area contributed by atoms with Crippen molar-refractivity contribution in [2.45, 2.75) is 52.1 Å². The molecule has 9 nitrogen and oxygen atoms in total. The largest absolute Gasteiger partial charge is 0.394 e. The molecule has 0 aromatic heterocycles. The SMILES string of the molecule is CCc1cccc(C)c1N1C(O)c2cc(C#N)c3c4c(cc(C#N)c(c24)C1O)C(=O)N(C(CC)CO)C3=O. The molecule has 2 heterocycles. The number of hydrogen-bond acceptors (Lipinski definition) is 8. The van der Waals surface area contributed by atoms with E-state index in [9.17, 15) is 35.4 Å². The lowest BCUT2D eigenvalue weighted by molar-refractivity contribution is 0.0464. The number of carbonyl (C=O) groups excluding carboxylic acids is 2. The molecule has 5 rings (SSSR count). The van der Waals surface area contributed by atoms with Gasteiger partial charge in [0.1, 0.15) is 0 Å². The van der Waals surface area contributed by atoms with E-state index in [0.29, 0.717) is 12.1 Å². The van der Waals surface area contributed by atoms with Crippen LogP contribution in [0.15, 0.2) is 30.3 Å². The number of para-hydroxylation sites is 1. The Balaban J connectivity index is 1.89. The fourth-order valence-corrected chi connectivity index (χ4v) is 5.84. The summed E-state index contributed by atoms with van der Waals surface area (Å²) in [5.74, 6) is -1.44. The van der Waals surface area contributed by atoms with Crippen LogP contribution in [0.3, 0.4) is 0 Å². The van der Waals surface area contributed by atoms with E-state index in [4.69, 9.17) is 0 Å². The van der Waals surface area contributed by atoms with Crippen LogP contribution in [0.1, 0.15) is 86.8 Å². The Morgan fingerprint density at radius 2 is 1.71 bits per heavy atom. The fraction of sp³-hybridized carbons (Fsp3) is 0.310. The van der Waals surface area contributed by atoms with Crippen molar-refractivity contribution in [1.29, 1.82) is 10.5 Å². The number of amides is 2. The van der Waals surface area contributed by atoms with Crippen LogP contribution in [0.25, 0.3) is 10.8 Å². The molecule has 2 aliphatic rings. The van der Waals surface area contributed by atoms with Gasteiger partial charge >= 0.3 is 0 Å². The highest BCUT2D eigenvalue weighted by Crippen LogP contribution is 2.50. The number of aliphatic hydroxyl groups excluding tert-OH is 3.